The molecule has 98 valence electrons. The molecule has 1 N–H and O–H groups in total. The Morgan fingerprint density at radius 1 is 1.21 bits per heavy atom. The van der Waals surface area contributed by atoms with Gasteiger partial charge in [0, 0.05) is 6.42 Å². The van der Waals surface area contributed by atoms with Crippen molar-refractivity contribution in [3.8, 4) is 11.8 Å². The lowest BCUT2D eigenvalue weighted by Gasteiger charge is -2.05. The number of benzene rings is 1. The van der Waals surface area contributed by atoms with Crippen LogP contribution in [0.5, 0.6) is 0 Å². The van der Waals surface area contributed by atoms with E-state index in [0.717, 1.165) is 5.56 Å². The van der Waals surface area contributed by atoms with Gasteiger partial charge in [0.05, 0.1) is 14.2 Å². The van der Waals surface area contributed by atoms with Gasteiger partial charge >= 0.3 is 0 Å². The summed E-state index contributed by atoms with van der Waals surface area (Å²) in [6.45, 7) is 0. The van der Waals surface area contributed by atoms with Gasteiger partial charge in [0.15, 0.2) is 5.94 Å². The van der Waals surface area contributed by atoms with Crippen molar-refractivity contribution < 1.29 is 19.4 Å². The molecule has 0 bridgehead atoms. The van der Waals surface area contributed by atoms with Gasteiger partial charge in [-0.05, 0) is 11.5 Å². The molecule has 0 atom stereocenters. The number of aliphatic hydroxyl groups excluding tert-OH is 1. The molecule has 0 saturated heterocycles. The van der Waals surface area contributed by atoms with Gasteiger partial charge in [0.1, 0.15) is 0 Å². The summed E-state index contributed by atoms with van der Waals surface area (Å²) in [6.07, 6.45) is 0.481. The molecule has 0 amide bonds. The van der Waals surface area contributed by atoms with Crippen molar-refractivity contribution >= 4 is 5.94 Å². The molecular weight excluding hydrogens is 244 g/mol. The molecule has 4 nitrogen and oxygen atoms in total. The third-order valence-electron chi connectivity index (χ3n) is 2.26. The monoisotopic (exact) mass is 258 g/mol. The molecule has 1 aromatic rings. The van der Waals surface area contributed by atoms with Crippen molar-refractivity contribution in [3.05, 3.63) is 53.2 Å². The molecule has 1 rings (SSSR count). The quantitative estimate of drug-likeness (QED) is 0.388. The fraction of sp³-hybridized carbons (Fsp3) is 0.200. The van der Waals surface area contributed by atoms with Crippen molar-refractivity contribution in [2.45, 2.75) is 6.42 Å². The minimum Gasteiger partial charge on any atom is -0.498 e. The van der Waals surface area contributed by atoms with E-state index in [4.69, 9.17) is 9.47 Å². The van der Waals surface area contributed by atoms with Gasteiger partial charge in [-0.1, -0.05) is 36.3 Å². The molecule has 0 saturated carbocycles. The first kappa shape index (κ1) is 14.4. The number of hydrogen-bond acceptors (Lipinski definition) is 4. The van der Waals surface area contributed by atoms with Crippen molar-refractivity contribution in [1.82, 2.24) is 0 Å². The van der Waals surface area contributed by atoms with Crippen LogP contribution in [-0.4, -0.2) is 25.3 Å². The van der Waals surface area contributed by atoms with Crippen LogP contribution in [0, 0.1) is 11.8 Å². The second-order valence-electron chi connectivity index (χ2n) is 3.48. The maximum atomic E-state index is 10.6. The van der Waals surface area contributed by atoms with E-state index < -0.39 is 0 Å². The highest BCUT2D eigenvalue weighted by Crippen LogP contribution is 2.11. The average molecular weight is 258 g/mol. The third kappa shape index (κ3) is 4.27. The Labute approximate surface area is 112 Å². The highest BCUT2D eigenvalue weighted by atomic mass is 16.5. The minimum atomic E-state index is -0.362. The molecule has 4 heteroatoms. The molecule has 19 heavy (non-hydrogen) atoms. The highest BCUT2D eigenvalue weighted by molar-refractivity contribution is 5.57. The van der Waals surface area contributed by atoms with E-state index in [9.17, 15) is 9.90 Å². The van der Waals surface area contributed by atoms with Crippen molar-refractivity contribution in [2.75, 3.05) is 14.2 Å². The van der Waals surface area contributed by atoms with Crippen LogP contribution >= 0.6 is 0 Å². The summed E-state index contributed by atoms with van der Waals surface area (Å²) in [6, 6.07) is 9.59. The Balaban J connectivity index is 2.88. The largest absolute Gasteiger partial charge is 0.498 e. The fourth-order valence-electron chi connectivity index (χ4n) is 1.36. The Morgan fingerprint density at radius 2 is 1.89 bits per heavy atom. The smallest absolute Gasteiger partial charge is 0.251 e. The number of rotatable bonds is 4. The lowest BCUT2D eigenvalue weighted by Crippen LogP contribution is -2.00. The van der Waals surface area contributed by atoms with Crippen LogP contribution in [0.15, 0.2) is 47.6 Å². The van der Waals surface area contributed by atoms with Crippen molar-refractivity contribution in [2.24, 2.45) is 0 Å². The van der Waals surface area contributed by atoms with Crippen LogP contribution in [0.4, 0.5) is 0 Å². The van der Waals surface area contributed by atoms with Gasteiger partial charge in [0.2, 0.25) is 11.5 Å². The second kappa shape index (κ2) is 7.65. The highest BCUT2D eigenvalue weighted by Gasteiger charge is 2.12. The zero-order valence-electron chi connectivity index (χ0n) is 10.8. The zero-order chi connectivity index (χ0) is 14.1. The standard InChI is InChI=1S/C15H14O4/c1-18-14(11-16)15(19-2)13(17)10-6-9-12-7-4-3-5-8-12/h3-5,7-8,17H,9H2,1-2H3/b15-13+. The van der Waals surface area contributed by atoms with Crippen LogP contribution in [0.2, 0.25) is 0 Å². The minimum absolute atomic E-state index is 0.127. The van der Waals surface area contributed by atoms with E-state index in [1.54, 1.807) is 0 Å². The molecule has 1 aromatic carbocycles. The number of allylic oxidation sites excluding steroid dienone is 1. The summed E-state index contributed by atoms with van der Waals surface area (Å²) in [4.78, 5) is 10.6. The molecule has 0 aliphatic carbocycles. The number of hydrogen-bond donors (Lipinski definition) is 1. The molecule has 0 heterocycles. The van der Waals surface area contributed by atoms with Crippen LogP contribution in [-0.2, 0) is 20.7 Å². The SMILES string of the molecule is COC(=C=O)/C(OC)=C(\O)C#CCc1ccccc1. The first-order valence-electron chi connectivity index (χ1n) is 5.52. The third-order valence-corrected chi connectivity index (χ3v) is 2.26. The van der Waals surface area contributed by atoms with Gasteiger partial charge in [-0.25, -0.2) is 4.79 Å². The summed E-state index contributed by atoms with van der Waals surface area (Å²) < 4.78 is 9.58. The summed E-state index contributed by atoms with van der Waals surface area (Å²) in [5, 5.41) is 9.72. The summed E-state index contributed by atoms with van der Waals surface area (Å²) in [7, 11) is 2.59. The summed E-state index contributed by atoms with van der Waals surface area (Å²) in [5.74, 6) is 6.10. The van der Waals surface area contributed by atoms with Gasteiger partial charge in [0.25, 0.3) is 5.76 Å². The maximum absolute atomic E-state index is 10.6. The van der Waals surface area contributed by atoms with Crippen molar-refractivity contribution in [1.29, 1.82) is 0 Å². The predicted octanol–water partition coefficient (Wildman–Crippen LogP) is 2.01. The Bertz CT molecular complexity index is 555. The van der Waals surface area contributed by atoms with Crippen molar-refractivity contribution in [3.63, 3.8) is 0 Å². The van der Waals surface area contributed by atoms with Crippen LogP contribution in [0.3, 0.4) is 0 Å². The van der Waals surface area contributed by atoms with Gasteiger partial charge in [-0.15, -0.1) is 0 Å². The molecule has 0 spiro atoms. The first-order valence-corrected chi connectivity index (χ1v) is 5.52. The molecule has 0 fully saturated rings. The summed E-state index contributed by atoms with van der Waals surface area (Å²) in [5.41, 5.74) is 1.03. The molecular formula is C15H14O4. The molecule has 0 aliphatic heterocycles. The van der Waals surface area contributed by atoms with E-state index in [-0.39, 0.29) is 17.3 Å². The fourth-order valence-corrected chi connectivity index (χ4v) is 1.36. The molecule has 0 aliphatic rings. The van der Waals surface area contributed by atoms with Crippen LogP contribution in [0.25, 0.3) is 0 Å². The first-order chi connectivity index (χ1) is 9.22. The number of methoxy groups -OCH3 is 2. The average Bonchev–Trinajstić information content (AvgIpc) is 2.45. The maximum Gasteiger partial charge on any atom is 0.251 e. The summed E-state index contributed by atoms with van der Waals surface area (Å²) >= 11 is 0. The van der Waals surface area contributed by atoms with Gasteiger partial charge in [-0.2, -0.15) is 0 Å². The molecule has 0 unspecified atom stereocenters. The lowest BCUT2D eigenvalue weighted by molar-refractivity contribution is 0.207. The number of aliphatic hydroxyl groups is 1. The van der Waals surface area contributed by atoms with E-state index >= 15 is 0 Å². The van der Waals surface area contributed by atoms with Crippen LogP contribution < -0.4 is 0 Å². The lowest BCUT2D eigenvalue weighted by atomic mass is 10.1. The predicted molar refractivity (Wildman–Crippen MR) is 70.8 cm³/mol. The topological polar surface area (TPSA) is 55.8 Å². The van der Waals surface area contributed by atoms with E-state index in [2.05, 4.69) is 11.8 Å². The zero-order valence-corrected chi connectivity index (χ0v) is 10.8. The Morgan fingerprint density at radius 3 is 2.42 bits per heavy atom. The van der Waals surface area contributed by atoms with Gasteiger partial charge in [-0.3, -0.25) is 0 Å². The number of carbonyl (C=O) groups excluding carboxylic acids is 1. The Hall–Kier alpha value is -2.63. The number of ether oxygens (including phenoxy) is 2. The van der Waals surface area contributed by atoms with E-state index in [0.29, 0.717) is 6.42 Å². The molecule has 0 radical (unpaired) electrons. The Kier molecular flexibility index (Phi) is 5.81. The molecule has 0 aromatic heterocycles. The second-order valence-corrected chi connectivity index (χ2v) is 3.48. The van der Waals surface area contributed by atoms with E-state index in [1.165, 1.54) is 20.2 Å². The normalized spacial score (nSPS) is 10.4. The van der Waals surface area contributed by atoms with E-state index in [1.807, 2.05) is 30.3 Å². The van der Waals surface area contributed by atoms with Gasteiger partial charge < -0.3 is 14.6 Å². The van der Waals surface area contributed by atoms with Crippen LogP contribution in [0.1, 0.15) is 5.56 Å².